The van der Waals surface area contributed by atoms with Gasteiger partial charge in [-0.3, -0.25) is 4.90 Å². The number of hydrogen-bond donors (Lipinski definition) is 1. The number of nitrogens with zero attached hydrogens (tertiary/aromatic N) is 2. The van der Waals surface area contributed by atoms with Crippen LogP contribution in [0.5, 0.6) is 0 Å². The summed E-state index contributed by atoms with van der Waals surface area (Å²) in [5.74, 6) is 1.81. The van der Waals surface area contributed by atoms with Crippen molar-refractivity contribution in [1.82, 2.24) is 14.9 Å². The summed E-state index contributed by atoms with van der Waals surface area (Å²) >= 11 is 0. The van der Waals surface area contributed by atoms with Crippen molar-refractivity contribution in [3.63, 3.8) is 0 Å². The van der Waals surface area contributed by atoms with Gasteiger partial charge in [-0.15, -0.1) is 0 Å². The van der Waals surface area contributed by atoms with Crippen LogP contribution < -0.4 is 0 Å². The van der Waals surface area contributed by atoms with E-state index in [2.05, 4.69) is 28.7 Å². The number of nitrogens with one attached hydrogen (secondary N) is 1. The lowest BCUT2D eigenvalue weighted by Crippen LogP contribution is -2.41. The van der Waals surface area contributed by atoms with Crippen LogP contribution in [0.25, 0.3) is 0 Å². The summed E-state index contributed by atoms with van der Waals surface area (Å²) < 4.78 is 0. The molecule has 2 heterocycles. The molecule has 100 valence electrons. The molecule has 0 spiro atoms. The molecule has 18 heavy (non-hydrogen) atoms. The lowest BCUT2D eigenvalue weighted by Gasteiger charge is -2.36. The number of aromatic nitrogens is 2. The van der Waals surface area contributed by atoms with Gasteiger partial charge in [-0.25, -0.2) is 4.98 Å². The maximum atomic E-state index is 4.45. The summed E-state index contributed by atoms with van der Waals surface area (Å²) in [6, 6.07) is 0.817. The Morgan fingerprint density at radius 3 is 2.94 bits per heavy atom. The minimum absolute atomic E-state index is 0.558. The number of piperidine rings is 1. The second-order valence-corrected chi connectivity index (χ2v) is 6.87. The summed E-state index contributed by atoms with van der Waals surface area (Å²) in [5.41, 5.74) is 0.558. The van der Waals surface area contributed by atoms with Gasteiger partial charge in [0.2, 0.25) is 0 Å². The van der Waals surface area contributed by atoms with Gasteiger partial charge in [-0.1, -0.05) is 13.8 Å². The van der Waals surface area contributed by atoms with Crippen molar-refractivity contribution in [3.05, 3.63) is 18.2 Å². The third kappa shape index (κ3) is 2.46. The van der Waals surface area contributed by atoms with Crippen molar-refractivity contribution < 1.29 is 0 Å². The molecule has 1 N–H and O–H groups in total. The quantitative estimate of drug-likeness (QED) is 0.870. The molecule has 1 aliphatic carbocycles. The highest BCUT2D eigenvalue weighted by molar-refractivity contribution is 5.01. The van der Waals surface area contributed by atoms with Crippen LogP contribution >= 0.6 is 0 Å². The standard InChI is InChI=1S/C15H25N3/c1-15(2)6-5-13(10-15)18-9-3-4-12(11-18)14-16-7-8-17-14/h7-8,12-13H,3-6,9-11H2,1-2H3,(H,16,17)/t12-,13+/m0/s1. The number of hydrogen-bond acceptors (Lipinski definition) is 2. The normalized spacial score (nSPS) is 32.8. The highest BCUT2D eigenvalue weighted by Gasteiger charge is 2.36. The molecule has 0 amide bonds. The van der Waals surface area contributed by atoms with E-state index < -0.39 is 0 Å². The molecule has 0 radical (unpaired) electrons. The first-order chi connectivity index (χ1) is 8.64. The van der Waals surface area contributed by atoms with Crippen molar-refractivity contribution in [2.45, 2.75) is 57.9 Å². The summed E-state index contributed by atoms with van der Waals surface area (Å²) in [6.07, 6.45) is 10.6. The van der Waals surface area contributed by atoms with Crippen LogP contribution in [-0.2, 0) is 0 Å². The average Bonchev–Trinajstić information content (AvgIpc) is 2.98. The first-order valence-electron chi connectivity index (χ1n) is 7.37. The first kappa shape index (κ1) is 12.2. The van der Waals surface area contributed by atoms with Gasteiger partial charge in [0, 0.05) is 30.9 Å². The molecule has 1 aromatic rings. The Labute approximate surface area is 110 Å². The van der Waals surface area contributed by atoms with Crippen molar-refractivity contribution >= 4 is 0 Å². The Balaban J connectivity index is 1.64. The van der Waals surface area contributed by atoms with E-state index in [4.69, 9.17) is 0 Å². The Kier molecular flexibility index (Phi) is 3.18. The van der Waals surface area contributed by atoms with Crippen molar-refractivity contribution in [2.24, 2.45) is 5.41 Å². The Hall–Kier alpha value is -0.830. The second kappa shape index (κ2) is 4.69. The molecule has 1 aliphatic heterocycles. The molecule has 2 atom stereocenters. The van der Waals surface area contributed by atoms with Crippen LogP contribution in [0, 0.1) is 5.41 Å². The van der Waals surface area contributed by atoms with E-state index in [0.717, 1.165) is 6.04 Å². The topological polar surface area (TPSA) is 31.9 Å². The van der Waals surface area contributed by atoms with Crippen LogP contribution in [0.2, 0.25) is 0 Å². The van der Waals surface area contributed by atoms with E-state index in [-0.39, 0.29) is 0 Å². The fraction of sp³-hybridized carbons (Fsp3) is 0.800. The van der Waals surface area contributed by atoms with E-state index in [1.165, 1.54) is 51.0 Å². The number of aromatic amines is 1. The van der Waals surface area contributed by atoms with Gasteiger partial charge in [0.25, 0.3) is 0 Å². The largest absolute Gasteiger partial charge is 0.348 e. The smallest absolute Gasteiger partial charge is 0.110 e. The van der Waals surface area contributed by atoms with Crippen molar-refractivity contribution in [1.29, 1.82) is 0 Å². The summed E-state index contributed by atoms with van der Waals surface area (Å²) in [5, 5.41) is 0. The van der Waals surface area contributed by atoms with Crippen LogP contribution in [-0.4, -0.2) is 34.0 Å². The molecular weight excluding hydrogens is 222 g/mol. The Morgan fingerprint density at radius 2 is 2.28 bits per heavy atom. The minimum Gasteiger partial charge on any atom is -0.348 e. The van der Waals surface area contributed by atoms with Gasteiger partial charge in [-0.05, 0) is 44.1 Å². The van der Waals surface area contributed by atoms with Gasteiger partial charge in [-0.2, -0.15) is 0 Å². The fourth-order valence-corrected chi connectivity index (χ4v) is 3.77. The SMILES string of the molecule is CC1(C)CC[C@@H](N2CCC[C@H](c3ncc[nH]3)C2)C1. The summed E-state index contributed by atoms with van der Waals surface area (Å²) in [7, 11) is 0. The van der Waals surface area contributed by atoms with Crippen molar-refractivity contribution in [2.75, 3.05) is 13.1 Å². The summed E-state index contributed by atoms with van der Waals surface area (Å²) in [6.45, 7) is 7.33. The van der Waals surface area contributed by atoms with Gasteiger partial charge in [0.1, 0.15) is 5.82 Å². The fourth-order valence-electron chi connectivity index (χ4n) is 3.77. The molecule has 3 rings (SSSR count). The molecule has 3 heteroatoms. The minimum atomic E-state index is 0.558. The number of imidazole rings is 1. The maximum absolute atomic E-state index is 4.45. The molecule has 0 aromatic carbocycles. The number of likely N-dealkylation sites (tertiary alicyclic amines) is 1. The average molecular weight is 247 g/mol. The van der Waals surface area contributed by atoms with Gasteiger partial charge >= 0.3 is 0 Å². The molecule has 3 nitrogen and oxygen atoms in total. The van der Waals surface area contributed by atoms with Crippen LogP contribution in [0.1, 0.15) is 57.7 Å². The molecule has 1 saturated carbocycles. The lowest BCUT2D eigenvalue weighted by molar-refractivity contribution is 0.140. The zero-order valence-corrected chi connectivity index (χ0v) is 11.7. The molecule has 0 bridgehead atoms. The van der Waals surface area contributed by atoms with E-state index in [1.54, 1.807) is 0 Å². The number of rotatable bonds is 2. The highest BCUT2D eigenvalue weighted by atomic mass is 15.2. The third-order valence-corrected chi connectivity index (χ3v) is 4.82. The molecule has 1 aromatic heterocycles. The van der Waals surface area contributed by atoms with Crippen molar-refractivity contribution in [3.8, 4) is 0 Å². The van der Waals surface area contributed by atoms with Gasteiger partial charge in [0.15, 0.2) is 0 Å². The third-order valence-electron chi connectivity index (χ3n) is 4.82. The summed E-state index contributed by atoms with van der Waals surface area (Å²) in [4.78, 5) is 10.5. The predicted octanol–water partition coefficient (Wildman–Crippen LogP) is 3.17. The van der Waals surface area contributed by atoms with Crippen LogP contribution in [0.3, 0.4) is 0 Å². The van der Waals surface area contributed by atoms with E-state index >= 15 is 0 Å². The monoisotopic (exact) mass is 247 g/mol. The number of H-pyrrole nitrogens is 1. The van der Waals surface area contributed by atoms with Crippen LogP contribution in [0.15, 0.2) is 12.4 Å². The maximum Gasteiger partial charge on any atom is 0.110 e. The zero-order chi connectivity index (χ0) is 12.6. The lowest BCUT2D eigenvalue weighted by atomic mass is 9.90. The van der Waals surface area contributed by atoms with Gasteiger partial charge < -0.3 is 4.98 Å². The Bertz CT molecular complexity index is 382. The van der Waals surface area contributed by atoms with E-state index in [1.807, 2.05) is 12.4 Å². The van der Waals surface area contributed by atoms with Crippen LogP contribution in [0.4, 0.5) is 0 Å². The predicted molar refractivity (Wildman–Crippen MR) is 73.6 cm³/mol. The molecule has 2 fully saturated rings. The second-order valence-electron chi connectivity index (χ2n) is 6.87. The molecule has 0 unspecified atom stereocenters. The van der Waals surface area contributed by atoms with E-state index in [9.17, 15) is 0 Å². The highest BCUT2D eigenvalue weighted by Crippen LogP contribution is 2.41. The first-order valence-corrected chi connectivity index (χ1v) is 7.37. The Morgan fingerprint density at radius 1 is 1.39 bits per heavy atom. The zero-order valence-electron chi connectivity index (χ0n) is 11.7. The molecule has 1 saturated heterocycles. The molecule has 2 aliphatic rings. The molecular formula is C15H25N3. The van der Waals surface area contributed by atoms with E-state index in [0.29, 0.717) is 11.3 Å². The van der Waals surface area contributed by atoms with Gasteiger partial charge in [0.05, 0.1) is 0 Å².